The van der Waals surface area contributed by atoms with Gasteiger partial charge < -0.3 is 10.3 Å². The van der Waals surface area contributed by atoms with Crippen LogP contribution in [0.25, 0.3) is 11.3 Å². The summed E-state index contributed by atoms with van der Waals surface area (Å²) in [4.78, 5) is 4.76. The normalized spacial score (nSPS) is 11.0. The number of hydrogen-bond acceptors (Lipinski definition) is 2. The predicted molar refractivity (Wildman–Crippen MR) is 81.3 cm³/mol. The Labute approximate surface area is 115 Å². The molecule has 0 spiro atoms. The van der Waals surface area contributed by atoms with E-state index in [-0.39, 0.29) is 0 Å². The lowest BCUT2D eigenvalue weighted by Crippen LogP contribution is -2.01. The van der Waals surface area contributed by atoms with Crippen LogP contribution in [-0.4, -0.2) is 9.55 Å². The first-order valence-electron chi connectivity index (χ1n) is 6.85. The third kappa shape index (κ3) is 2.37. The van der Waals surface area contributed by atoms with Gasteiger partial charge in [-0.1, -0.05) is 24.6 Å². The Bertz CT molecular complexity index is 586. The van der Waals surface area contributed by atoms with Crippen molar-refractivity contribution >= 4 is 5.82 Å². The first-order chi connectivity index (χ1) is 8.95. The van der Waals surface area contributed by atoms with Gasteiger partial charge in [0.2, 0.25) is 0 Å². The number of rotatable bonds is 3. The summed E-state index contributed by atoms with van der Waals surface area (Å²) in [6.07, 6.45) is 2.04. The zero-order valence-corrected chi connectivity index (χ0v) is 12.5. The molecule has 1 aromatic heterocycles. The predicted octanol–water partition coefficient (Wildman–Crippen LogP) is 3.55. The third-order valence-corrected chi connectivity index (χ3v) is 3.62. The molecular weight excluding hydrogens is 234 g/mol. The summed E-state index contributed by atoms with van der Waals surface area (Å²) < 4.78 is 2.01. The number of aryl methyl sites for hydroxylation is 4. The molecule has 1 heterocycles. The van der Waals surface area contributed by atoms with Gasteiger partial charge in [-0.05, 0) is 38.3 Å². The van der Waals surface area contributed by atoms with Crippen LogP contribution in [0.5, 0.6) is 0 Å². The van der Waals surface area contributed by atoms with Crippen LogP contribution in [0.2, 0.25) is 0 Å². The molecule has 2 aromatic rings. The Hall–Kier alpha value is -1.77. The molecule has 3 nitrogen and oxygen atoms in total. The largest absolute Gasteiger partial charge is 0.383 e. The van der Waals surface area contributed by atoms with E-state index in [1.807, 2.05) is 11.6 Å². The smallest absolute Gasteiger partial charge is 0.131 e. The average Bonchev–Trinajstić information content (AvgIpc) is 2.57. The molecule has 0 bridgehead atoms. The third-order valence-electron chi connectivity index (χ3n) is 3.62. The quantitative estimate of drug-likeness (QED) is 0.914. The van der Waals surface area contributed by atoms with Gasteiger partial charge in [0.25, 0.3) is 0 Å². The van der Waals surface area contributed by atoms with Crippen molar-refractivity contribution in [2.75, 3.05) is 5.73 Å². The van der Waals surface area contributed by atoms with Crippen molar-refractivity contribution in [2.24, 2.45) is 7.05 Å². The number of nitrogens with two attached hydrogens (primary N) is 1. The van der Waals surface area contributed by atoms with Crippen molar-refractivity contribution < 1.29 is 0 Å². The molecule has 19 heavy (non-hydrogen) atoms. The van der Waals surface area contributed by atoms with Crippen LogP contribution in [0.1, 0.15) is 35.9 Å². The van der Waals surface area contributed by atoms with E-state index in [2.05, 4.69) is 39.8 Å². The number of nitrogen functional groups attached to an aromatic ring is 1. The molecule has 0 unspecified atom stereocenters. The standard InChI is InChI=1S/C16H23N3/c1-6-7-13-18-15(16(17)19(13)5)14-11(3)8-10(2)9-12(14)4/h8-9H,6-7,17H2,1-5H3. The van der Waals surface area contributed by atoms with Crippen LogP contribution >= 0.6 is 0 Å². The van der Waals surface area contributed by atoms with E-state index in [9.17, 15) is 0 Å². The molecule has 0 aliphatic rings. The number of anilines is 1. The maximum absolute atomic E-state index is 6.24. The molecule has 0 aliphatic carbocycles. The summed E-state index contributed by atoms with van der Waals surface area (Å²) in [6.45, 7) is 8.53. The summed E-state index contributed by atoms with van der Waals surface area (Å²) in [7, 11) is 2.00. The van der Waals surface area contributed by atoms with Gasteiger partial charge in [-0.3, -0.25) is 0 Å². The molecular formula is C16H23N3. The van der Waals surface area contributed by atoms with Gasteiger partial charge in [0.1, 0.15) is 17.3 Å². The van der Waals surface area contributed by atoms with E-state index in [0.717, 1.165) is 30.2 Å². The summed E-state index contributed by atoms with van der Waals surface area (Å²) in [6, 6.07) is 4.38. The number of imidazole rings is 1. The minimum atomic E-state index is 0.763. The van der Waals surface area contributed by atoms with Crippen LogP contribution in [-0.2, 0) is 13.5 Å². The SMILES string of the molecule is CCCc1nc(-c2c(C)cc(C)cc2C)c(N)n1C. The van der Waals surface area contributed by atoms with Crippen LogP contribution < -0.4 is 5.73 Å². The van der Waals surface area contributed by atoms with Crippen LogP contribution in [0.4, 0.5) is 5.82 Å². The molecule has 0 saturated carbocycles. The molecule has 0 fully saturated rings. The van der Waals surface area contributed by atoms with Crippen molar-refractivity contribution in [3.63, 3.8) is 0 Å². The van der Waals surface area contributed by atoms with Gasteiger partial charge in [-0.2, -0.15) is 0 Å². The number of aromatic nitrogens is 2. The zero-order chi connectivity index (χ0) is 14.2. The van der Waals surface area contributed by atoms with Gasteiger partial charge in [-0.25, -0.2) is 4.98 Å². The van der Waals surface area contributed by atoms with Gasteiger partial charge in [-0.15, -0.1) is 0 Å². The fraction of sp³-hybridized carbons (Fsp3) is 0.438. The highest BCUT2D eigenvalue weighted by molar-refractivity contribution is 5.76. The van der Waals surface area contributed by atoms with Crippen LogP contribution in [0, 0.1) is 20.8 Å². The van der Waals surface area contributed by atoms with Crippen molar-refractivity contribution in [1.82, 2.24) is 9.55 Å². The molecule has 2 rings (SSSR count). The van der Waals surface area contributed by atoms with Crippen molar-refractivity contribution in [3.05, 3.63) is 34.6 Å². The number of nitrogens with zero attached hydrogens (tertiary/aromatic N) is 2. The molecule has 0 amide bonds. The maximum atomic E-state index is 6.24. The maximum Gasteiger partial charge on any atom is 0.131 e. The van der Waals surface area contributed by atoms with E-state index in [1.54, 1.807) is 0 Å². The Kier molecular flexibility index (Phi) is 3.65. The van der Waals surface area contributed by atoms with E-state index >= 15 is 0 Å². The minimum Gasteiger partial charge on any atom is -0.383 e. The first-order valence-corrected chi connectivity index (χ1v) is 6.85. The number of hydrogen-bond donors (Lipinski definition) is 1. The molecule has 3 heteroatoms. The summed E-state index contributed by atoms with van der Waals surface area (Å²) in [5.41, 5.74) is 12.1. The van der Waals surface area contributed by atoms with Gasteiger partial charge in [0.15, 0.2) is 0 Å². The van der Waals surface area contributed by atoms with E-state index < -0.39 is 0 Å². The molecule has 0 atom stereocenters. The summed E-state index contributed by atoms with van der Waals surface area (Å²) in [5.74, 6) is 1.83. The van der Waals surface area contributed by atoms with Crippen molar-refractivity contribution in [3.8, 4) is 11.3 Å². The second kappa shape index (κ2) is 5.08. The first kappa shape index (κ1) is 13.7. The molecule has 0 aliphatic heterocycles. The molecule has 102 valence electrons. The van der Waals surface area contributed by atoms with Gasteiger partial charge >= 0.3 is 0 Å². The molecule has 1 aromatic carbocycles. The minimum absolute atomic E-state index is 0.763. The Morgan fingerprint density at radius 2 is 1.74 bits per heavy atom. The monoisotopic (exact) mass is 257 g/mol. The summed E-state index contributed by atoms with van der Waals surface area (Å²) in [5, 5.41) is 0. The lowest BCUT2D eigenvalue weighted by atomic mass is 9.97. The van der Waals surface area contributed by atoms with Crippen molar-refractivity contribution in [2.45, 2.75) is 40.5 Å². The fourth-order valence-corrected chi connectivity index (χ4v) is 2.74. The Balaban J connectivity index is 2.63. The number of benzene rings is 1. The van der Waals surface area contributed by atoms with Crippen LogP contribution in [0.3, 0.4) is 0 Å². The Morgan fingerprint density at radius 1 is 1.16 bits per heavy atom. The highest BCUT2D eigenvalue weighted by Crippen LogP contribution is 2.32. The lowest BCUT2D eigenvalue weighted by Gasteiger charge is -2.10. The van der Waals surface area contributed by atoms with Gasteiger partial charge in [0, 0.05) is 19.0 Å². The second-order valence-corrected chi connectivity index (χ2v) is 5.34. The molecule has 2 N–H and O–H groups in total. The zero-order valence-electron chi connectivity index (χ0n) is 12.5. The average molecular weight is 257 g/mol. The highest BCUT2D eigenvalue weighted by Gasteiger charge is 2.16. The van der Waals surface area contributed by atoms with Crippen LogP contribution in [0.15, 0.2) is 12.1 Å². The van der Waals surface area contributed by atoms with E-state index in [0.29, 0.717) is 0 Å². The fourth-order valence-electron chi connectivity index (χ4n) is 2.74. The van der Waals surface area contributed by atoms with Gasteiger partial charge in [0.05, 0.1) is 0 Å². The second-order valence-electron chi connectivity index (χ2n) is 5.34. The molecule has 0 radical (unpaired) electrons. The van der Waals surface area contributed by atoms with E-state index in [4.69, 9.17) is 10.7 Å². The van der Waals surface area contributed by atoms with Crippen molar-refractivity contribution in [1.29, 1.82) is 0 Å². The Morgan fingerprint density at radius 3 is 2.26 bits per heavy atom. The van der Waals surface area contributed by atoms with E-state index in [1.165, 1.54) is 22.3 Å². The molecule has 0 saturated heterocycles. The lowest BCUT2D eigenvalue weighted by molar-refractivity contribution is 0.764. The highest BCUT2D eigenvalue weighted by atomic mass is 15.1. The summed E-state index contributed by atoms with van der Waals surface area (Å²) >= 11 is 0. The topological polar surface area (TPSA) is 43.8 Å².